The lowest BCUT2D eigenvalue weighted by Crippen LogP contribution is -1.98. The van der Waals surface area contributed by atoms with Gasteiger partial charge in [0.05, 0.1) is 0 Å². The van der Waals surface area contributed by atoms with Crippen LogP contribution in [0.2, 0.25) is 0 Å². The molecule has 12 heavy (non-hydrogen) atoms. The van der Waals surface area contributed by atoms with Crippen molar-refractivity contribution in [3.8, 4) is 0 Å². The third kappa shape index (κ3) is 1.23. The second-order valence-corrected chi connectivity index (χ2v) is 2.95. The lowest BCUT2D eigenvalue weighted by molar-refractivity contribution is 0.542. The molecule has 2 rings (SSSR count). The Kier molecular flexibility index (Phi) is 1.65. The third-order valence-corrected chi connectivity index (χ3v) is 1.75. The number of nitrogens with zero attached hydrogens (tertiary/aromatic N) is 2. The lowest BCUT2D eigenvalue weighted by atomic mass is 10.4. The smallest absolute Gasteiger partial charge is 0.356 e. The Hall–Kier alpha value is -1.23. The van der Waals surface area contributed by atoms with Gasteiger partial charge in [-0.15, -0.1) is 0 Å². The van der Waals surface area contributed by atoms with Gasteiger partial charge in [-0.1, -0.05) is 0 Å². The number of halogens is 1. The SMILES string of the molecule is O=c1cnc2ccc(Br)nc2o1. The van der Waals surface area contributed by atoms with Crippen LogP contribution in [0.4, 0.5) is 0 Å². The molecule has 0 radical (unpaired) electrons. The van der Waals surface area contributed by atoms with E-state index >= 15 is 0 Å². The first-order chi connectivity index (χ1) is 5.75. The molecule has 0 N–H and O–H groups in total. The average molecular weight is 227 g/mol. The lowest BCUT2D eigenvalue weighted by Gasteiger charge is -1.92. The molecule has 0 unspecified atom stereocenters. The summed E-state index contributed by atoms with van der Waals surface area (Å²) in [5, 5.41) is 0. The van der Waals surface area contributed by atoms with Crippen molar-refractivity contribution in [3.05, 3.63) is 33.4 Å². The summed E-state index contributed by atoms with van der Waals surface area (Å²) >= 11 is 3.16. The van der Waals surface area contributed by atoms with Crippen molar-refractivity contribution in [3.63, 3.8) is 0 Å². The van der Waals surface area contributed by atoms with E-state index in [-0.39, 0.29) is 5.71 Å². The van der Waals surface area contributed by atoms with E-state index in [9.17, 15) is 4.79 Å². The first-order valence-corrected chi connectivity index (χ1v) is 3.97. The first kappa shape index (κ1) is 7.42. The van der Waals surface area contributed by atoms with Crippen molar-refractivity contribution < 1.29 is 4.42 Å². The van der Waals surface area contributed by atoms with Gasteiger partial charge in [-0.3, -0.25) is 0 Å². The summed E-state index contributed by atoms with van der Waals surface area (Å²) < 4.78 is 5.40. The molecule has 0 saturated carbocycles. The van der Waals surface area contributed by atoms with Crippen LogP contribution in [0.5, 0.6) is 0 Å². The zero-order valence-corrected chi connectivity index (χ0v) is 7.41. The number of aromatic nitrogens is 2. The van der Waals surface area contributed by atoms with Gasteiger partial charge in [0.1, 0.15) is 16.3 Å². The quantitative estimate of drug-likeness (QED) is 0.637. The third-order valence-electron chi connectivity index (χ3n) is 1.31. The highest BCUT2D eigenvalue weighted by atomic mass is 79.9. The average Bonchev–Trinajstić information content (AvgIpc) is 2.03. The molecule has 0 bridgehead atoms. The van der Waals surface area contributed by atoms with Gasteiger partial charge in [-0.25, -0.2) is 14.8 Å². The number of hydrogen-bond donors (Lipinski definition) is 0. The predicted molar refractivity (Wildman–Crippen MR) is 45.8 cm³/mol. The van der Waals surface area contributed by atoms with Crippen molar-refractivity contribution in [1.82, 2.24) is 9.97 Å². The highest BCUT2D eigenvalue weighted by Crippen LogP contribution is 2.10. The molecule has 0 aliphatic carbocycles. The van der Waals surface area contributed by atoms with Crippen LogP contribution in [-0.2, 0) is 0 Å². The number of hydrogen-bond acceptors (Lipinski definition) is 4. The maximum Gasteiger partial charge on any atom is 0.356 e. The van der Waals surface area contributed by atoms with E-state index in [1.165, 1.54) is 0 Å². The molecule has 0 spiro atoms. The summed E-state index contributed by atoms with van der Waals surface area (Å²) in [4.78, 5) is 18.5. The number of rotatable bonds is 0. The van der Waals surface area contributed by atoms with Crippen LogP contribution in [0.1, 0.15) is 0 Å². The fourth-order valence-electron chi connectivity index (χ4n) is 0.828. The van der Waals surface area contributed by atoms with Gasteiger partial charge in [0.15, 0.2) is 0 Å². The Balaban J connectivity index is 2.89. The summed E-state index contributed by atoms with van der Waals surface area (Å²) in [7, 11) is 0. The Morgan fingerprint density at radius 1 is 1.42 bits per heavy atom. The van der Waals surface area contributed by atoms with Crippen molar-refractivity contribution >= 4 is 27.2 Å². The first-order valence-electron chi connectivity index (χ1n) is 3.18. The molecule has 0 amide bonds. The van der Waals surface area contributed by atoms with Gasteiger partial charge in [-0.2, -0.15) is 0 Å². The second kappa shape index (κ2) is 2.67. The van der Waals surface area contributed by atoms with E-state index in [1.807, 2.05) is 0 Å². The molecule has 0 atom stereocenters. The fourth-order valence-corrected chi connectivity index (χ4v) is 1.12. The Bertz CT molecular complexity index is 480. The molecule has 0 aliphatic rings. The molecule has 0 aliphatic heterocycles. The molecule has 60 valence electrons. The predicted octanol–water partition coefficient (Wildman–Crippen LogP) is 1.35. The van der Waals surface area contributed by atoms with E-state index < -0.39 is 5.63 Å². The van der Waals surface area contributed by atoms with E-state index in [0.29, 0.717) is 10.1 Å². The maximum atomic E-state index is 10.7. The highest BCUT2D eigenvalue weighted by molar-refractivity contribution is 9.10. The van der Waals surface area contributed by atoms with Crippen LogP contribution in [0.25, 0.3) is 11.2 Å². The zero-order valence-electron chi connectivity index (χ0n) is 5.82. The van der Waals surface area contributed by atoms with Crippen molar-refractivity contribution in [2.24, 2.45) is 0 Å². The number of fused-ring (bicyclic) bond motifs is 1. The van der Waals surface area contributed by atoms with Crippen molar-refractivity contribution in [1.29, 1.82) is 0 Å². The van der Waals surface area contributed by atoms with Gasteiger partial charge in [-0.05, 0) is 28.1 Å². The van der Waals surface area contributed by atoms with E-state index in [4.69, 9.17) is 4.42 Å². The van der Waals surface area contributed by atoms with Crippen molar-refractivity contribution in [2.45, 2.75) is 0 Å². The molecule has 2 aromatic rings. The molecule has 0 aromatic carbocycles. The zero-order chi connectivity index (χ0) is 8.55. The van der Waals surface area contributed by atoms with E-state index in [2.05, 4.69) is 25.9 Å². The second-order valence-electron chi connectivity index (χ2n) is 2.14. The molecule has 2 aromatic heterocycles. The minimum Gasteiger partial charge on any atom is -0.401 e. The largest absolute Gasteiger partial charge is 0.401 e. The van der Waals surface area contributed by atoms with Crippen LogP contribution in [0.3, 0.4) is 0 Å². The van der Waals surface area contributed by atoms with Gasteiger partial charge in [0.25, 0.3) is 0 Å². The molecular weight excluding hydrogens is 224 g/mol. The minimum absolute atomic E-state index is 0.247. The topological polar surface area (TPSA) is 56.0 Å². The molecule has 0 saturated heterocycles. The summed E-state index contributed by atoms with van der Waals surface area (Å²) in [6.45, 7) is 0. The molecule has 4 nitrogen and oxygen atoms in total. The summed E-state index contributed by atoms with van der Waals surface area (Å²) in [5.74, 6) is 0. The molecule has 5 heteroatoms. The van der Waals surface area contributed by atoms with Crippen LogP contribution < -0.4 is 5.63 Å². The normalized spacial score (nSPS) is 10.4. The Morgan fingerprint density at radius 3 is 3.08 bits per heavy atom. The van der Waals surface area contributed by atoms with E-state index in [0.717, 1.165) is 6.20 Å². The molecular formula is C7H3BrN2O2. The van der Waals surface area contributed by atoms with Crippen LogP contribution in [-0.4, -0.2) is 9.97 Å². The number of pyridine rings is 1. The fraction of sp³-hybridized carbons (Fsp3) is 0. The Labute approximate surface area is 75.4 Å². The minimum atomic E-state index is -0.492. The van der Waals surface area contributed by atoms with Gasteiger partial charge in [0, 0.05) is 0 Å². The van der Waals surface area contributed by atoms with Gasteiger partial charge in [0.2, 0.25) is 5.71 Å². The molecule has 0 fully saturated rings. The highest BCUT2D eigenvalue weighted by Gasteiger charge is 1.99. The molecule has 2 heterocycles. The summed E-state index contributed by atoms with van der Waals surface area (Å²) in [5.41, 5.74) is 0.322. The van der Waals surface area contributed by atoms with Gasteiger partial charge < -0.3 is 4.42 Å². The maximum absolute atomic E-state index is 10.7. The monoisotopic (exact) mass is 226 g/mol. The van der Waals surface area contributed by atoms with Crippen molar-refractivity contribution in [2.75, 3.05) is 0 Å². The standard InChI is InChI=1S/C7H3BrN2O2/c8-5-2-1-4-7(10-5)12-6(11)3-9-4/h1-3H. The van der Waals surface area contributed by atoms with Crippen LogP contribution in [0, 0.1) is 0 Å². The van der Waals surface area contributed by atoms with Crippen LogP contribution >= 0.6 is 15.9 Å². The van der Waals surface area contributed by atoms with Crippen LogP contribution in [0.15, 0.2) is 32.1 Å². The van der Waals surface area contributed by atoms with Gasteiger partial charge >= 0.3 is 5.63 Å². The summed E-state index contributed by atoms with van der Waals surface area (Å²) in [6, 6.07) is 3.45. The van der Waals surface area contributed by atoms with E-state index in [1.54, 1.807) is 12.1 Å². The Morgan fingerprint density at radius 2 is 2.25 bits per heavy atom. The summed E-state index contributed by atoms with van der Waals surface area (Å²) in [6.07, 6.45) is 1.12.